The largest absolute Gasteiger partial charge is 0.497 e. The summed E-state index contributed by atoms with van der Waals surface area (Å²) in [6, 6.07) is 13.4. The minimum absolute atomic E-state index is 0.109. The lowest BCUT2D eigenvalue weighted by Gasteiger charge is -2.10. The van der Waals surface area contributed by atoms with Crippen molar-refractivity contribution in [3.05, 3.63) is 69.7 Å². The molecule has 166 valence electrons. The number of aryl methyl sites for hydroxylation is 2. The van der Waals surface area contributed by atoms with Crippen LogP contribution in [0.25, 0.3) is 0 Å². The zero-order valence-electron chi connectivity index (χ0n) is 18.3. The average Bonchev–Trinajstić information content (AvgIpc) is 3.53. The van der Waals surface area contributed by atoms with E-state index in [1.54, 1.807) is 19.2 Å². The van der Waals surface area contributed by atoms with Crippen LogP contribution >= 0.6 is 11.3 Å². The van der Waals surface area contributed by atoms with Gasteiger partial charge in [0.05, 0.1) is 12.8 Å². The summed E-state index contributed by atoms with van der Waals surface area (Å²) in [6.45, 7) is 4.31. The van der Waals surface area contributed by atoms with Gasteiger partial charge in [-0.15, -0.1) is 0 Å². The Labute approximate surface area is 191 Å². The number of methoxy groups -OCH3 is 1. The summed E-state index contributed by atoms with van der Waals surface area (Å²) < 4.78 is 5.18. The van der Waals surface area contributed by atoms with E-state index in [1.807, 2.05) is 44.2 Å². The van der Waals surface area contributed by atoms with Crippen molar-refractivity contribution in [1.82, 2.24) is 10.3 Å². The van der Waals surface area contributed by atoms with Crippen LogP contribution in [0.1, 0.15) is 49.7 Å². The number of carbonyl (C=O) groups is 2. The molecule has 2 aromatic carbocycles. The standard InChI is InChI=1S/C24H26N4O3S/c1-14-4-7-17(22(29)27-18-8-9-18)12-20(14)28-23(30)21-15(2)26-24(32-21)25-13-16-5-10-19(31-3)11-6-16/h4-7,10-12,18H,8-9,13H2,1-3H3,(H,25,26)(H,27,29)(H,28,30). The Kier molecular flexibility index (Phi) is 6.41. The predicted molar refractivity (Wildman–Crippen MR) is 127 cm³/mol. The average molecular weight is 451 g/mol. The number of rotatable bonds is 8. The highest BCUT2D eigenvalue weighted by atomic mass is 32.1. The Morgan fingerprint density at radius 2 is 1.84 bits per heavy atom. The van der Waals surface area contributed by atoms with E-state index in [0.29, 0.717) is 33.5 Å². The Hall–Kier alpha value is -3.39. The normalized spacial score (nSPS) is 12.8. The van der Waals surface area contributed by atoms with Crippen molar-refractivity contribution < 1.29 is 14.3 Å². The number of hydrogen-bond donors (Lipinski definition) is 3. The van der Waals surface area contributed by atoms with Gasteiger partial charge in [-0.3, -0.25) is 9.59 Å². The highest BCUT2D eigenvalue weighted by Gasteiger charge is 2.24. The smallest absolute Gasteiger partial charge is 0.267 e. The molecule has 0 atom stereocenters. The van der Waals surface area contributed by atoms with Gasteiger partial charge >= 0.3 is 0 Å². The second-order valence-electron chi connectivity index (χ2n) is 7.87. The molecule has 2 amide bonds. The maximum atomic E-state index is 12.9. The first-order valence-corrected chi connectivity index (χ1v) is 11.3. The van der Waals surface area contributed by atoms with Crippen molar-refractivity contribution in [2.45, 2.75) is 39.3 Å². The molecule has 7 nitrogen and oxygen atoms in total. The molecule has 0 aliphatic heterocycles. The molecular formula is C24H26N4O3S. The van der Waals surface area contributed by atoms with Crippen LogP contribution in [0.5, 0.6) is 5.75 Å². The zero-order chi connectivity index (χ0) is 22.7. The van der Waals surface area contributed by atoms with Crippen LogP contribution in [0.4, 0.5) is 10.8 Å². The van der Waals surface area contributed by atoms with Crippen molar-refractivity contribution in [2.75, 3.05) is 17.7 Å². The number of carbonyl (C=O) groups excluding carboxylic acids is 2. The summed E-state index contributed by atoms with van der Waals surface area (Å²) in [7, 11) is 1.64. The summed E-state index contributed by atoms with van der Waals surface area (Å²) >= 11 is 1.31. The molecule has 0 saturated heterocycles. The molecule has 1 aromatic heterocycles. The van der Waals surface area contributed by atoms with Crippen LogP contribution in [0.3, 0.4) is 0 Å². The molecule has 1 fully saturated rings. The quantitative estimate of drug-likeness (QED) is 0.469. The van der Waals surface area contributed by atoms with Crippen LogP contribution < -0.4 is 20.7 Å². The monoisotopic (exact) mass is 450 g/mol. The van der Waals surface area contributed by atoms with Crippen LogP contribution in [-0.4, -0.2) is 29.9 Å². The van der Waals surface area contributed by atoms with E-state index in [0.717, 1.165) is 29.7 Å². The van der Waals surface area contributed by atoms with E-state index in [2.05, 4.69) is 20.9 Å². The number of nitrogens with zero attached hydrogens (tertiary/aromatic N) is 1. The van der Waals surface area contributed by atoms with E-state index in [-0.39, 0.29) is 17.9 Å². The Morgan fingerprint density at radius 1 is 1.09 bits per heavy atom. The fraction of sp³-hybridized carbons (Fsp3) is 0.292. The number of ether oxygens (including phenoxy) is 1. The van der Waals surface area contributed by atoms with E-state index in [9.17, 15) is 9.59 Å². The third-order valence-corrected chi connectivity index (χ3v) is 6.38. The van der Waals surface area contributed by atoms with Crippen LogP contribution in [0.2, 0.25) is 0 Å². The topological polar surface area (TPSA) is 92.3 Å². The number of nitrogens with one attached hydrogen (secondary N) is 3. The van der Waals surface area contributed by atoms with E-state index in [1.165, 1.54) is 11.3 Å². The fourth-order valence-electron chi connectivity index (χ4n) is 3.18. The maximum absolute atomic E-state index is 12.9. The van der Waals surface area contributed by atoms with Crippen molar-refractivity contribution in [3.8, 4) is 5.75 Å². The van der Waals surface area contributed by atoms with E-state index >= 15 is 0 Å². The molecule has 1 saturated carbocycles. The lowest BCUT2D eigenvalue weighted by molar-refractivity contribution is 0.0949. The number of aromatic nitrogens is 1. The minimum Gasteiger partial charge on any atom is -0.497 e. The van der Waals surface area contributed by atoms with Gasteiger partial charge < -0.3 is 20.7 Å². The van der Waals surface area contributed by atoms with Crippen molar-refractivity contribution in [1.29, 1.82) is 0 Å². The summed E-state index contributed by atoms with van der Waals surface area (Å²) in [5, 5.41) is 9.86. The number of anilines is 2. The number of amides is 2. The van der Waals surface area contributed by atoms with E-state index < -0.39 is 0 Å². The first kappa shape index (κ1) is 21.8. The first-order chi connectivity index (χ1) is 15.4. The molecule has 1 aliphatic carbocycles. The van der Waals surface area contributed by atoms with Gasteiger partial charge in [0.25, 0.3) is 11.8 Å². The molecule has 1 aliphatic rings. The van der Waals surface area contributed by atoms with Crippen LogP contribution in [0, 0.1) is 13.8 Å². The van der Waals surface area contributed by atoms with Crippen molar-refractivity contribution in [3.63, 3.8) is 0 Å². The third-order valence-electron chi connectivity index (χ3n) is 5.27. The summed E-state index contributed by atoms with van der Waals surface area (Å²) in [4.78, 5) is 30.3. The number of thiazole rings is 1. The van der Waals surface area contributed by atoms with Gasteiger partial charge in [0.2, 0.25) is 0 Å². The molecule has 0 radical (unpaired) electrons. The lowest BCUT2D eigenvalue weighted by Crippen LogP contribution is -2.25. The van der Waals surface area contributed by atoms with Crippen LogP contribution in [-0.2, 0) is 6.54 Å². The van der Waals surface area contributed by atoms with Gasteiger partial charge in [-0.05, 0) is 62.1 Å². The van der Waals surface area contributed by atoms with E-state index in [4.69, 9.17) is 4.74 Å². The summed E-state index contributed by atoms with van der Waals surface area (Å²) in [6.07, 6.45) is 2.06. The van der Waals surface area contributed by atoms with Gasteiger partial charge in [-0.1, -0.05) is 29.5 Å². The fourth-order valence-corrected chi connectivity index (χ4v) is 4.03. The van der Waals surface area contributed by atoms with Gasteiger partial charge in [0, 0.05) is 23.8 Å². The molecule has 0 spiro atoms. The second kappa shape index (κ2) is 9.40. The number of hydrogen-bond acceptors (Lipinski definition) is 6. The van der Waals surface area contributed by atoms with Gasteiger partial charge in [-0.25, -0.2) is 4.98 Å². The number of benzene rings is 2. The molecule has 0 unspecified atom stereocenters. The molecular weight excluding hydrogens is 424 g/mol. The minimum atomic E-state index is -0.236. The first-order valence-electron chi connectivity index (χ1n) is 10.5. The third kappa shape index (κ3) is 5.26. The summed E-state index contributed by atoms with van der Waals surface area (Å²) in [5.74, 6) is 0.463. The molecule has 0 bridgehead atoms. The molecule has 1 heterocycles. The lowest BCUT2D eigenvalue weighted by atomic mass is 10.1. The second-order valence-corrected chi connectivity index (χ2v) is 8.87. The van der Waals surface area contributed by atoms with Crippen LogP contribution in [0.15, 0.2) is 42.5 Å². The zero-order valence-corrected chi connectivity index (χ0v) is 19.1. The molecule has 4 rings (SSSR count). The van der Waals surface area contributed by atoms with Gasteiger partial charge in [-0.2, -0.15) is 0 Å². The Bertz CT molecular complexity index is 1140. The summed E-state index contributed by atoms with van der Waals surface area (Å²) in [5.41, 5.74) is 3.80. The SMILES string of the molecule is COc1ccc(CNc2nc(C)c(C(=O)Nc3cc(C(=O)NC4CC4)ccc3C)s2)cc1. The molecule has 8 heteroatoms. The Morgan fingerprint density at radius 3 is 2.53 bits per heavy atom. The predicted octanol–water partition coefficient (Wildman–Crippen LogP) is 4.53. The van der Waals surface area contributed by atoms with Gasteiger partial charge in [0.1, 0.15) is 10.6 Å². The van der Waals surface area contributed by atoms with Crippen molar-refractivity contribution in [2.24, 2.45) is 0 Å². The molecule has 3 N–H and O–H groups in total. The highest BCUT2D eigenvalue weighted by molar-refractivity contribution is 7.17. The Balaban J connectivity index is 1.42. The highest BCUT2D eigenvalue weighted by Crippen LogP contribution is 2.26. The molecule has 3 aromatic rings. The van der Waals surface area contributed by atoms with Crippen molar-refractivity contribution >= 4 is 34.0 Å². The molecule has 32 heavy (non-hydrogen) atoms. The maximum Gasteiger partial charge on any atom is 0.267 e. The van der Waals surface area contributed by atoms with Gasteiger partial charge in [0.15, 0.2) is 5.13 Å².